The van der Waals surface area contributed by atoms with Crippen LogP contribution in [0.1, 0.15) is 31.2 Å². The summed E-state index contributed by atoms with van der Waals surface area (Å²) in [7, 11) is 0. The Balaban J connectivity index is 1.53. The van der Waals surface area contributed by atoms with Gasteiger partial charge in [0, 0.05) is 25.3 Å². The number of aliphatic hydroxyl groups is 1. The highest BCUT2D eigenvalue weighted by Crippen LogP contribution is 2.41. The topological polar surface area (TPSA) is 69.6 Å². The first kappa shape index (κ1) is 19.6. The largest absolute Gasteiger partial charge is 0.394 e. The zero-order chi connectivity index (χ0) is 20.5. The molecule has 0 bridgehead atoms. The number of hydrogen-bond donors (Lipinski definition) is 2. The summed E-state index contributed by atoms with van der Waals surface area (Å²) < 4.78 is 13.2. The minimum atomic E-state index is -0.299. The van der Waals surface area contributed by atoms with E-state index in [1.807, 2.05) is 24.3 Å². The second-order valence-corrected chi connectivity index (χ2v) is 7.92. The molecule has 0 aromatic heterocycles. The summed E-state index contributed by atoms with van der Waals surface area (Å²) in [6, 6.07) is 13.8. The van der Waals surface area contributed by atoms with Gasteiger partial charge in [0.25, 0.3) is 0 Å². The van der Waals surface area contributed by atoms with Crippen molar-refractivity contribution in [1.29, 1.82) is 0 Å². The lowest BCUT2D eigenvalue weighted by atomic mass is 9.74. The number of amides is 2. The molecule has 2 amide bonds. The fourth-order valence-electron chi connectivity index (χ4n) is 4.32. The fourth-order valence-corrected chi connectivity index (χ4v) is 4.32. The molecule has 1 aliphatic carbocycles. The third-order valence-electron chi connectivity index (χ3n) is 6.00. The second kappa shape index (κ2) is 7.95. The van der Waals surface area contributed by atoms with Crippen LogP contribution in [0.25, 0.3) is 11.1 Å². The minimum Gasteiger partial charge on any atom is -0.394 e. The first-order valence-electron chi connectivity index (χ1n) is 10.0. The van der Waals surface area contributed by atoms with Crippen molar-refractivity contribution in [1.82, 2.24) is 10.2 Å². The van der Waals surface area contributed by atoms with Crippen molar-refractivity contribution in [3.63, 3.8) is 0 Å². The van der Waals surface area contributed by atoms with Crippen molar-refractivity contribution in [3.8, 4) is 11.1 Å². The number of likely N-dealkylation sites (tertiary alicyclic amines) is 1. The number of carbonyl (C=O) groups excluding carboxylic acids is 2. The lowest BCUT2D eigenvalue weighted by Gasteiger charge is -2.54. The van der Waals surface area contributed by atoms with Gasteiger partial charge < -0.3 is 15.3 Å². The maximum absolute atomic E-state index is 13.2. The summed E-state index contributed by atoms with van der Waals surface area (Å²) in [6.45, 7) is 1.75. The maximum atomic E-state index is 13.2. The molecule has 1 saturated carbocycles. The number of rotatable bonds is 6. The summed E-state index contributed by atoms with van der Waals surface area (Å²) in [5.74, 6) is -0.264. The summed E-state index contributed by atoms with van der Waals surface area (Å²) in [4.78, 5) is 25.8. The quantitative estimate of drug-likeness (QED) is 0.789. The molecule has 0 unspecified atom stereocenters. The maximum Gasteiger partial charge on any atom is 0.223 e. The predicted octanol–water partition coefficient (Wildman–Crippen LogP) is 2.69. The van der Waals surface area contributed by atoms with E-state index in [2.05, 4.69) is 5.32 Å². The molecule has 1 aliphatic heterocycles. The van der Waals surface area contributed by atoms with Crippen molar-refractivity contribution in [2.75, 3.05) is 13.2 Å². The summed E-state index contributed by atoms with van der Waals surface area (Å²) >= 11 is 0. The predicted molar refractivity (Wildman–Crippen MR) is 107 cm³/mol. The monoisotopic (exact) mass is 396 g/mol. The Bertz CT molecular complexity index is 893. The van der Waals surface area contributed by atoms with Gasteiger partial charge in [0.2, 0.25) is 11.8 Å². The number of aliphatic hydroxyl groups excluding tert-OH is 1. The van der Waals surface area contributed by atoms with E-state index in [9.17, 15) is 19.1 Å². The number of halogens is 1. The molecule has 6 heteroatoms. The van der Waals surface area contributed by atoms with E-state index in [0.717, 1.165) is 29.5 Å². The standard InChI is InChI=1S/C23H25FN2O3/c1-14(28)26-20(12-25-23(29)18-6-7-18)22(21(26)13-27)17-4-2-15(3-5-17)16-8-10-19(24)11-9-16/h2-5,8-11,18,20-22,27H,6-7,12-13H2,1H3,(H,25,29)/t20-,21+,22-/m1/s1. The van der Waals surface area contributed by atoms with Crippen LogP contribution >= 0.6 is 0 Å². The van der Waals surface area contributed by atoms with Crippen LogP contribution in [-0.4, -0.2) is 47.1 Å². The smallest absolute Gasteiger partial charge is 0.223 e. The van der Waals surface area contributed by atoms with E-state index in [-0.39, 0.29) is 48.2 Å². The van der Waals surface area contributed by atoms with Crippen LogP contribution in [-0.2, 0) is 9.59 Å². The van der Waals surface area contributed by atoms with Gasteiger partial charge in [0.1, 0.15) is 5.82 Å². The van der Waals surface area contributed by atoms with Gasteiger partial charge in [-0.1, -0.05) is 36.4 Å². The van der Waals surface area contributed by atoms with Gasteiger partial charge in [-0.15, -0.1) is 0 Å². The van der Waals surface area contributed by atoms with E-state index in [0.29, 0.717) is 6.54 Å². The fraction of sp³-hybridized carbons (Fsp3) is 0.391. The number of carbonyl (C=O) groups is 2. The van der Waals surface area contributed by atoms with E-state index in [1.54, 1.807) is 17.0 Å². The first-order chi connectivity index (χ1) is 14.0. The van der Waals surface area contributed by atoms with Crippen molar-refractivity contribution in [3.05, 3.63) is 59.9 Å². The molecule has 2 fully saturated rings. The van der Waals surface area contributed by atoms with Crippen LogP contribution < -0.4 is 5.32 Å². The molecule has 1 heterocycles. The van der Waals surface area contributed by atoms with Crippen molar-refractivity contribution < 1.29 is 19.1 Å². The summed E-state index contributed by atoms with van der Waals surface area (Å²) in [6.07, 6.45) is 1.86. The Hall–Kier alpha value is -2.73. The van der Waals surface area contributed by atoms with Crippen LogP contribution in [0.5, 0.6) is 0 Å². The lowest BCUT2D eigenvalue weighted by molar-refractivity contribution is -0.148. The molecule has 152 valence electrons. The zero-order valence-corrected chi connectivity index (χ0v) is 16.3. The van der Waals surface area contributed by atoms with E-state index >= 15 is 0 Å². The number of nitrogens with one attached hydrogen (secondary N) is 1. The molecule has 3 atom stereocenters. The van der Waals surface area contributed by atoms with Crippen molar-refractivity contribution in [2.45, 2.75) is 37.8 Å². The Morgan fingerprint density at radius 3 is 2.14 bits per heavy atom. The third kappa shape index (κ3) is 3.90. The molecule has 0 radical (unpaired) electrons. The Kier molecular flexibility index (Phi) is 5.37. The Labute approximate surface area is 169 Å². The van der Waals surface area contributed by atoms with Crippen molar-refractivity contribution >= 4 is 11.8 Å². The average molecular weight is 396 g/mol. The first-order valence-corrected chi connectivity index (χ1v) is 10.0. The molecule has 5 nitrogen and oxygen atoms in total. The highest BCUT2D eigenvalue weighted by Gasteiger charge is 2.50. The zero-order valence-electron chi connectivity index (χ0n) is 16.3. The van der Waals surface area contributed by atoms with Crippen LogP contribution in [0.3, 0.4) is 0 Å². The van der Waals surface area contributed by atoms with Gasteiger partial charge in [0.15, 0.2) is 0 Å². The summed E-state index contributed by atoms with van der Waals surface area (Å²) in [5, 5.41) is 12.8. The summed E-state index contributed by atoms with van der Waals surface area (Å²) in [5.41, 5.74) is 2.90. The van der Waals surface area contributed by atoms with Crippen LogP contribution in [0.15, 0.2) is 48.5 Å². The highest BCUT2D eigenvalue weighted by molar-refractivity contribution is 5.81. The second-order valence-electron chi connectivity index (χ2n) is 7.92. The van der Waals surface area contributed by atoms with Gasteiger partial charge in [-0.25, -0.2) is 4.39 Å². The molecule has 29 heavy (non-hydrogen) atoms. The lowest BCUT2D eigenvalue weighted by Crippen LogP contribution is -2.68. The molecule has 4 rings (SSSR count). The third-order valence-corrected chi connectivity index (χ3v) is 6.00. The molecule has 1 saturated heterocycles. The number of benzene rings is 2. The van der Waals surface area contributed by atoms with Crippen LogP contribution in [0.2, 0.25) is 0 Å². The van der Waals surface area contributed by atoms with E-state index in [4.69, 9.17) is 0 Å². The van der Waals surface area contributed by atoms with Crippen LogP contribution in [0, 0.1) is 11.7 Å². The molecule has 2 aromatic carbocycles. The minimum absolute atomic E-state index is 0.0476. The molecule has 2 aromatic rings. The number of nitrogens with zero attached hydrogens (tertiary/aromatic N) is 1. The normalized spacial score (nSPS) is 23.4. The van der Waals surface area contributed by atoms with Gasteiger partial charge in [-0.3, -0.25) is 9.59 Å². The molecule has 2 aliphatic rings. The van der Waals surface area contributed by atoms with Gasteiger partial charge in [-0.05, 0) is 41.7 Å². The van der Waals surface area contributed by atoms with Crippen molar-refractivity contribution in [2.24, 2.45) is 5.92 Å². The molecule has 0 spiro atoms. The average Bonchev–Trinajstić information content (AvgIpc) is 3.53. The molecular formula is C23H25FN2O3. The highest BCUT2D eigenvalue weighted by atomic mass is 19.1. The Morgan fingerprint density at radius 1 is 1.03 bits per heavy atom. The van der Waals surface area contributed by atoms with Crippen LogP contribution in [0.4, 0.5) is 4.39 Å². The molecule has 2 N–H and O–H groups in total. The number of hydrogen-bond acceptors (Lipinski definition) is 3. The Morgan fingerprint density at radius 2 is 1.62 bits per heavy atom. The van der Waals surface area contributed by atoms with Gasteiger partial charge in [0.05, 0.1) is 18.7 Å². The van der Waals surface area contributed by atoms with E-state index < -0.39 is 0 Å². The van der Waals surface area contributed by atoms with Gasteiger partial charge >= 0.3 is 0 Å². The molecular weight excluding hydrogens is 371 g/mol. The van der Waals surface area contributed by atoms with Gasteiger partial charge in [-0.2, -0.15) is 0 Å². The van der Waals surface area contributed by atoms with E-state index in [1.165, 1.54) is 19.1 Å². The SMILES string of the molecule is CC(=O)N1[C@H](CNC(=O)C2CC2)[C@@H](c2ccc(-c3ccc(F)cc3)cc2)[C@@H]1CO.